The Labute approximate surface area is 133 Å². The molecule has 0 unspecified atom stereocenters. The number of likely N-dealkylation sites (N-methyl/N-ethyl adjacent to an activating group) is 1. The third kappa shape index (κ3) is 3.86. The molecular weight excluding hydrogens is 334 g/mol. The molecule has 1 aromatic carbocycles. The van der Waals surface area contributed by atoms with Crippen molar-refractivity contribution in [1.29, 1.82) is 0 Å². The lowest BCUT2D eigenvalue weighted by molar-refractivity contribution is -0.117. The molecule has 1 aromatic rings. The summed E-state index contributed by atoms with van der Waals surface area (Å²) in [4.78, 5) is 14.1. The number of hydrogen-bond donors (Lipinski definition) is 0. The average Bonchev–Trinajstić information content (AvgIpc) is 2.43. The third-order valence-corrected chi connectivity index (χ3v) is 3.98. The predicted octanol–water partition coefficient (Wildman–Crippen LogP) is 3.14. The zero-order chi connectivity index (χ0) is 15.4. The van der Waals surface area contributed by atoms with E-state index in [0.29, 0.717) is 31.1 Å². The molecule has 1 aliphatic rings. The second kappa shape index (κ2) is 7.09. The number of halogens is 1. The van der Waals surface area contributed by atoms with Crippen LogP contribution in [0.2, 0.25) is 0 Å². The molecule has 0 radical (unpaired) electrons. The number of Topliss-reactive ketones (excluding diaryl/α,β-unsaturated/α-hetero) is 1. The van der Waals surface area contributed by atoms with E-state index in [0.717, 1.165) is 22.2 Å². The molecule has 0 aromatic heterocycles. The van der Waals surface area contributed by atoms with Crippen LogP contribution in [0, 0.1) is 0 Å². The summed E-state index contributed by atoms with van der Waals surface area (Å²) in [7, 11) is 3.64. The molecule has 1 heterocycles. The van der Waals surface area contributed by atoms with Gasteiger partial charge in [-0.1, -0.05) is 0 Å². The van der Waals surface area contributed by atoms with Crippen molar-refractivity contribution in [1.82, 2.24) is 4.90 Å². The van der Waals surface area contributed by atoms with E-state index in [1.165, 1.54) is 0 Å². The van der Waals surface area contributed by atoms with Crippen molar-refractivity contribution in [3.63, 3.8) is 0 Å². The van der Waals surface area contributed by atoms with Gasteiger partial charge in [-0.25, -0.2) is 0 Å². The maximum atomic E-state index is 12.0. The number of ether oxygens (including phenoxy) is 2. The minimum Gasteiger partial charge on any atom is -0.492 e. The quantitative estimate of drug-likeness (QED) is 0.779. The Morgan fingerprint density at radius 1 is 1.43 bits per heavy atom. The van der Waals surface area contributed by atoms with Crippen molar-refractivity contribution in [2.75, 3.05) is 33.9 Å². The molecule has 114 valence electrons. The summed E-state index contributed by atoms with van der Waals surface area (Å²) in [5.74, 6) is 1.57. The van der Waals surface area contributed by atoms with Crippen molar-refractivity contribution < 1.29 is 14.3 Å². The fraction of sp³-hybridized carbons (Fsp3) is 0.438. The smallest absolute Gasteiger partial charge is 0.174 e. The van der Waals surface area contributed by atoms with Gasteiger partial charge >= 0.3 is 0 Å². The summed E-state index contributed by atoms with van der Waals surface area (Å²) in [6, 6.07) is 3.85. The van der Waals surface area contributed by atoms with Crippen LogP contribution in [0.15, 0.2) is 22.2 Å². The topological polar surface area (TPSA) is 38.8 Å². The number of nitrogens with zero attached hydrogens (tertiary/aromatic N) is 1. The van der Waals surface area contributed by atoms with Gasteiger partial charge in [-0.2, -0.15) is 0 Å². The van der Waals surface area contributed by atoms with Crippen LogP contribution in [0.3, 0.4) is 0 Å². The average molecular weight is 354 g/mol. The summed E-state index contributed by atoms with van der Waals surface area (Å²) in [5, 5.41) is 0. The first-order valence-electron chi connectivity index (χ1n) is 6.97. The van der Waals surface area contributed by atoms with Crippen molar-refractivity contribution >= 4 is 27.8 Å². The van der Waals surface area contributed by atoms with Crippen molar-refractivity contribution in [2.45, 2.75) is 13.3 Å². The molecule has 5 heteroatoms. The maximum Gasteiger partial charge on any atom is 0.174 e. The molecule has 4 nitrogen and oxygen atoms in total. The number of benzene rings is 1. The minimum atomic E-state index is 0.220. The van der Waals surface area contributed by atoms with E-state index in [-0.39, 0.29) is 5.78 Å². The largest absolute Gasteiger partial charge is 0.492 e. The zero-order valence-electron chi connectivity index (χ0n) is 12.6. The van der Waals surface area contributed by atoms with Crippen LogP contribution in [-0.2, 0) is 4.79 Å². The number of hydrogen-bond acceptors (Lipinski definition) is 4. The molecule has 0 N–H and O–H groups in total. The van der Waals surface area contributed by atoms with Crippen LogP contribution < -0.4 is 9.47 Å². The highest BCUT2D eigenvalue weighted by Gasteiger charge is 2.19. The summed E-state index contributed by atoms with van der Waals surface area (Å²) in [6.45, 7) is 4.00. The number of ketones is 1. The van der Waals surface area contributed by atoms with Gasteiger partial charge in [0.15, 0.2) is 17.3 Å². The van der Waals surface area contributed by atoms with E-state index in [1.54, 1.807) is 7.11 Å². The minimum absolute atomic E-state index is 0.220. The summed E-state index contributed by atoms with van der Waals surface area (Å²) in [5.41, 5.74) is 1.77. The number of piperidine rings is 1. The van der Waals surface area contributed by atoms with Crippen LogP contribution >= 0.6 is 15.9 Å². The number of rotatable bonds is 4. The van der Waals surface area contributed by atoms with Crippen LogP contribution in [0.4, 0.5) is 0 Å². The van der Waals surface area contributed by atoms with Gasteiger partial charge in [0, 0.05) is 25.1 Å². The fourth-order valence-electron chi connectivity index (χ4n) is 2.37. The Morgan fingerprint density at radius 2 is 2.19 bits per heavy atom. The predicted molar refractivity (Wildman–Crippen MR) is 87.0 cm³/mol. The Morgan fingerprint density at radius 3 is 2.86 bits per heavy atom. The Hall–Kier alpha value is -1.33. The van der Waals surface area contributed by atoms with Crippen LogP contribution in [-0.4, -0.2) is 44.5 Å². The first kappa shape index (κ1) is 16.0. The van der Waals surface area contributed by atoms with Crippen molar-refractivity contribution in [2.24, 2.45) is 0 Å². The van der Waals surface area contributed by atoms with Crippen LogP contribution in [0.25, 0.3) is 6.08 Å². The van der Waals surface area contributed by atoms with E-state index >= 15 is 0 Å². The van der Waals surface area contributed by atoms with E-state index in [4.69, 9.17) is 9.47 Å². The molecule has 0 aliphatic carbocycles. The van der Waals surface area contributed by atoms with E-state index in [2.05, 4.69) is 20.8 Å². The normalized spacial score (nSPS) is 18.1. The van der Waals surface area contributed by atoms with Gasteiger partial charge in [-0.05, 0) is 53.7 Å². The molecule has 21 heavy (non-hydrogen) atoms. The number of carbonyl (C=O) groups is 1. The second-order valence-corrected chi connectivity index (χ2v) is 5.90. The molecule has 2 rings (SSSR count). The molecular formula is C16H20BrNO3. The number of carbonyl (C=O) groups excluding carboxylic acids is 1. The zero-order valence-corrected chi connectivity index (χ0v) is 14.2. The summed E-state index contributed by atoms with van der Waals surface area (Å²) < 4.78 is 11.8. The SMILES string of the molecule is CCOc1cc(/C=C2\CN(C)CCC2=O)cc(Br)c1OC. The number of likely N-dealkylation sites (tertiary alicyclic amines) is 1. The van der Waals surface area contributed by atoms with Gasteiger partial charge in [0.1, 0.15) is 0 Å². The lowest BCUT2D eigenvalue weighted by atomic mass is 10.0. The van der Waals surface area contributed by atoms with E-state index < -0.39 is 0 Å². The number of methoxy groups -OCH3 is 1. The maximum absolute atomic E-state index is 12.0. The molecule has 1 fully saturated rings. The molecule has 0 saturated carbocycles. The first-order valence-corrected chi connectivity index (χ1v) is 7.77. The lowest BCUT2D eigenvalue weighted by Gasteiger charge is -2.23. The highest BCUT2D eigenvalue weighted by atomic mass is 79.9. The molecule has 1 aliphatic heterocycles. The van der Waals surface area contributed by atoms with Gasteiger partial charge in [-0.3, -0.25) is 4.79 Å². The lowest BCUT2D eigenvalue weighted by Crippen LogP contribution is -2.32. The standard InChI is InChI=1S/C16H20BrNO3/c1-4-21-15-9-11(8-13(17)16(15)20-3)7-12-10-18(2)6-5-14(12)19/h7-9H,4-6,10H2,1-3H3/b12-7+. The van der Waals surface area contributed by atoms with E-state index in [9.17, 15) is 4.79 Å². The molecule has 0 amide bonds. The Balaban J connectivity index is 2.37. The van der Waals surface area contributed by atoms with Gasteiger partial charge in [0.05, 0.1) is 18.2 Å². The highest BCUT2D eigenvalue weighted by Crippen LogP contribution is 2.37. The van der Waals surface area contributed by atoms with Crippen LogP contribution in [0.1, 0.15) is 18.9 Å². The molecule has 0 spiro atoms. The van der Waals surface area contributed by atoms with Crippen molar-refractivity contribution in [3.8, 4) is 11.5 Å². The molecule has 0 bridgehead atoms. The highest BCUT2D eigenvalue weighted by molar-refractivity contribution is 9.10. The van der Waals surface area contributed by atoms with Gasteiger partial charge < -0.3 is 14.4 Å². The van der Waals surface area contributed by atoms with Gasteiger partial charge in [0.2, 0.25) is 0 Å². The van der Waals surface area contributed by atoms with Crippen LogP contribution in [0.5, 0.6) is 11.5 Å². The first-order chi connectivity index (χ1) is 10.0. The Bertz CT molecular complexity index is 569. The second-order valence-electron chi connectivity index (χ2n) is 5.05. The summed E-state index contributed by atoms with van der Waals surface area (Å²) in [6.07, 6.45) is 2.52. The van der Waals surface area contributed by atoms with Gasteiger partial charge in [0.25, 0.3) is 0 Å². The molecule has 1 saturated heterocycles. The third-order valence-electron chi connectivity index (χ3n) is 3.40. The fourth-order valence-corrected chi connectivity index (χ4v) is 2.99. The monoisotopic (exact) mass is 353 g/mol. The van der Waals surface area contributed by atoms with E-state index in [1.807, 2.05) is 32.2 Å². The summed E-state index contributed by atoms with van der Waals surface area (Å²) >= 11 is 3.49. The Kier molecular flexibility index (Phi) is 5.42. The molecule has 0 atom stereocenters. The van der Waals surface area contributed by atoms with Gasteiger partial charge in [-0.15, -0.1) is 0 Å². The van der Waals surface area contributed by atoms with Crippen molar-refractivity contribution in [3.05, 3.63) is 27.7 Å².